The van der Waals surface area contributed by atoms with Gasteiger partial charge in [0.05, 0.1) is 12.1 Å². The Morgan fingerprint density at radius 2 is 1.44 bits per heavy atom. The molecule has 0 aliphatic heterocycles. The quantitative estimate of drug-likeness (QED) is 0.196. The molecule has 0 spiro atoms. The monoisotopic (exact) mass is 471 g/mol. The molecule has 0 unspecified atom stereocenters. The number of carbonyl (C=O) groups excluding carboxylic acids is 1. The molecule has 0 aliphatic rings. The molecule has 4 aromatic rings. The van der Waals surface area contributed by atoms with E-state index in [0.29, 0.717) is 23.2 Å². The van der Waals surface area contributed by atoms with Gasteiger partial charge in [-0.15, -0.1) is 0 Å². The summed E-state index contributed by atoms with van der Waals surface area (Å²) in [6.07, 6.45) is 0. The van der Waals surface area contributed by atoms with E-state index in [2.05, 4.69) is 16.4 Å². The summed E-state index contributed by atoms with van der Waals surface area (Å²) in [5.41, 5.74) is 4.68. The van der Waals surface area contributed by atoms with Crippen LogP contribution in [0.1, 0.15) is 32.6 Å². The second kappa shape index (κ2) is 11.0. The number of rotatable bonds is 8. The minimum Gasteiger partial charge on any atom is -0.457 e. The van der Waals surface area contributed by atoms with Crippen LogP contribution in [0.4, 0.5) is 10.1 Å². The Balaban J connectivity index is 1.55. The molecule has 5 heteroatoms. The average molecular weight is 472 g/mol. The van der Waals surface area contributed by atoms with Crippen molar-refractivity contribution < 1.29 is 13.9 Å². The van der Waals surface area contributed by atoms with Crippen LogP contribution in [0.5, 0.6) is 0 Å². The Morgan fingerprint density at radius 1 is 0.824 bits per heavy atom. The third kappa shape index (κ3) is 6.06. The molecule has 0 N–H and O–H groups in total. The fourth-order valence-corrected chi connectivity index (χ4v) is 4.60. The minimum absolute atomic E-state index is 0.184. The van der Waals surface area contributed by atoms with Gasteiger partial charge in [-0.05, 0) is 78.4 Å². The summed E-state index contributed by atoms with van der Waals surface area (Å²) in [6.45, 7) is 4.41. The maximum Gasteiger partial charge on any atom is 0.338 e. The molecule has 4 rings (SSSR count). The molecule has 172 valence electrons. The zero-order valence-electron chi connectivity index (χ0n) is 19.2. The van der Waals surface area contributed by atoms with Crippen molar-refractivity contribution in [1.29, 1.82) is 0 Å². The highest BCUT2D eigenvalue weighted by molar-refractivity contribution is 8.00. The standard InChI is InChI=1S/C29H26FNO2S/c1-21-16-26(17-22(2)28(21)30)31(19-23-10-5-3-6-11-23)34-27-15-9-14-25(18-27)29(32)33-20-24-12-7-4-8-13-24/h3-18H,19-20H2,1-2H3. The van der Waals surface area contributed by atoms with E-state index in [4.69, 9.17) is 4.74 Å². The molecule has 0 saturated carbocycles. The van der Waals surface area contributed by atoms with Gasteiger partial charge in [-0.25, -0.2) is 9.18 Å². The van der Waals surface area contributed by atoms with E-state index < -0.39 is 0 Å². The molecule has 0 aromatic heterocycles. The van der Waals surface area contributed by atoms with Crippen molar-refractivity contribution in [3.63, 3.8) is 0 Å². The van der Waals surface area contributed by atoms with Gasteiger partial charge in [0.1, 0.15) is 12.4 Å². The zero-order valence-corrected chi connectivity index (χ0v) is 20.0. The molecule has 3 nitrogen and oxygen atoms in total. The number of nitrogens with zero attached hydrogens (tertiary/aromatic N) is 1. The lowest BCUT2D eigenvalue weighted by Crippen LogP contribution is -2.15. The molecule has 0 fully saturated rings. The van der Waals surface area contributed by atoms with E-state index in [0.717, 1.165) is 21.7 Å². The summed E-state index contributed by atoms with van der Waals surface area (Å²) in [5.74, 6) is -0.550. The van der Waals surface area contributed by atoms with E-state index >= 15 is 0 Å². The number of esters is 1. The number of anilines is 1. The number of hydrogen-bond acceptors (Lipinski definition) is 4. The lowest BCUT2D eigenvalue weighted by Gasteiger charge is -2.25. The smallest absolute Gasteiger partial charge is 0.338 e. The average Bonchev–Trinajstić information content (AvgIpc) is 2.86. The summed E-state index contributed by atoms with van der Waals surface area (Å²) in [5, 5.41) is 0. The van der Waals surface area contributed by atoms with E-state index in [1.165, 1.54) is 11.9 Å². The maximum absolute atomic E-state index is 14.3. The van der Waals surface area contributed by atoms with Crippen LogP contribution in [0.2, 0.25) is 0 Å². The molecular weight excluding hydrogens is 445 g/mol. The van der Waals surface area contributed by atoms with Gasteiger partial charge in [-0.1, -0.05) is 66.7 Å². The first kappa shape index (κ1) is 23.6. The lowest BCUT2D eigenvalue weighted by molar-refractivity contribution is 0.0472. The highest BCUT2D eigenvalue weighted by Gasteiger charge is 2.15. The van der Waals surface area contributed by atoms with Crippen LogP contribution in [0, 0.1) is 19.7 Å². The summed E-state index contributed by atoms with van der Waals surface area (Å²) in [7, 11) is 0. The molecule has 34 heavy (non-hydrogen) atoms. The van der Waals surface area contributed by atoms with Crippen molar-refractivity contribution in [2.75, 3.05) is 4.31 Å². The summed E-state index contributed by atoms with van der Waals surface area (Å²) >= 11 is 1.51. The van der Waals surface area contributed by atoms with Gasteiger partial charge in [-0.3, -0.25) is 0 Å². The Hall–Kier alpha value is -3.57. The summed E-state index contributed by atoms with van der Waals surface area (Å²) in [4.78, 5) is 13.6. The number of carbonyl (C=O) groups is 1. The van der Waals surface area contributed by atoms with Gasteiger partial charge in [-0.2, -0.15) is 0 Å². The third-order valence-electron chi connectivity index (χ3n) is 5.38. The Morgan fingerprint density at radius 3 is 2.09 bits per heavy atom. The van der Waals surface area contributed by atoms with Crippen LogP contribution >= 0.6 is 11.9 Å². The van der Waals surface area contributed by atoms with Crippen molar-refractivity contribution >= 4 is 23.6 Å². The van der Waals surface area contributed by atoms with E-state index in [1.807, 2.05) is 78.9 Å². The van der Waals surface area contributed by atoms with Crippen LogP contribution in [0.3, 0.4) is 0 Å². The second-order valence-corrected chi connectivity index (χ2v) is 9.19. The molecule has 0 atom stereocenters. The first-order valence-electron chi connectivity index (χ1n) is 11.1. The molecule has 4 aromatic carbocycles. The molecule has 0 aliphatic carbocycles. The summed E-state index contributed by atoms with van der Waals surface area (Å²) in [6, 6.07) is 30.8. The Bertz CT molecular complexity index is 1240. The maximum atomic E-state index is 14.3. The first-order chi connectivity index (χ1) is 16.5. The van der Waals surface area contributed by atoms with Crippen LogP contribution in [0.15, 0.2) is 102 Å². The van der Waals surface area contributed by atoms with Gasteiger partial charge in [0.15, 0.2) is 0 Å². The van der Waals surface area contributed by atoms with Gasteiger partial charge < -0.3 is 9.04 Å². The van der Waals surface area contributed by atoms with Crippen molar-refractivity contribution in [3.05, 3.63) is 131 Å². The SMILES string of the molecule is Cc1cc(N(Cc2ccccc2)Sc2cccc(C(=O)OCc3ccccc3)c2)cc(C)c1F. The van der Waals surface area contributed by atoms with Crippen LogP contribution in [0.25, 0.3) is 0 Å². The highest BCUT2D eigenvalue weighted by Crippen LogP contribution is 2.33. The largest absolute Gasteiger partial charge is 0.457 e. The molecule has 0 amide bonds. The second-order valence-electron chi connectivity index (χ2n) is 8.10. The number of hydrogen-bond donors (Lipinski definition) is 0. The molecule has 0 heterocycles. The van der Waals surface area contributed by atoms with Crippen LogP contribution in [-0.4, -0.2) is 5.97 Å². The Labute approximate surface area is 204 Å². The van der Waals surface area contributed by atoms with Crippen LogP contribution in [-0.2, 0) is 17.9 Å². The van der Waals surface area contributed by atoms with Crippen molar-refractivity contribution in [2.45, 2.75) is 31.9 Å². The molecule has 0 bridgehead atoms. The number of ether oxygens (including phenoxy) is 1. The predicted molar refractivity (Wildman–Crippen MR) is 136 cm³/mol. The van der Waals surface area contributed by atoms with Gasteiger partial charge in [0, 0.05) is 10.6 Å². The fourth-order valence-electron chi connectivity index (χ4n) is 3.61. The van der Waals surface area contributed by atoms with E-state index in [9.17, 15) is 9.18 Å². The number of halogens is 1. The molecule has 0 saturated heterocycles. The third-order valence-corrected chi connectivity index (χ3v) is 6.40. The minimum atomic E-state index is -0.366. The molecular formula is C29H26FNO2S. The fraction of sp³-hybridized carbons (Fsp3) is 0.138. The topological polar surface area (TPSA) is 29.5 Å². The normalized spacial score (nSPS) is 10.7. The number of benzene rings is 4. The highest BCUT2D eigenvalue weighted by atomic mass is 32.2. The van der Waals surface area contributed by atoms with Gasteiger partial charge >= 0.3 is 5.97 Å². The van der Waals surface area contributed by atoms with Gasteiger partial charge in [0.25, 0.3) is 0 Å². The Kier molecular flexibility index (Phi) is 7.65. The van der Waals surface area contributed by atoms with Crippen LogP contribution < -0.4 is 4.31 Å². The van der Waals surface area contributed by atoms with E-state index in [1.54, 1.807) is 19.9 Å². The van der Waals surface area contributed by atoms with Crippen molar-refractivity contribution in [3.8, 4) is 0 Å². The summed E-state index contributed by atoms with van der Waals surface area (Å²) < 4.78 is 21.9. The van der Waals surface area contributed by atoms with Crippen molar-refractivity contribution in [1.82, 2.24) is 0 Å². The lowest BCUT2D eigenvalue weighted by atomic mass is 10.1. The zero-order chi connectivity index (χ0) is 23.9. The van der Waals surface area contributed by atoms with Gasteiger partial charge in [0.2, 0.25) is 0 Å². The van der Waals surface area contributed by atoms with Crippen molar-refractivity contribution in [2.24, 2.45) is 0 Å². The predicted octanol–water partition coefficient (Wildman–Crippen LogP) is 7.51. The molecule has 0 radical (unpaired) electrons. The van der Waals surface area contributed by atoms with E-state index in [-0.39, 0.29) is 18.4 Å². The first-order valence-corrected chi connectivity index (χ1v) is 11.8. The number of aryl methyl sites for hydroxylation is 2.